The van der Waals surface area contributed by atoms with Crippen LogP contribution in [-0.2, 0) is 21.8 Å². The number of nitrogens with one attached hydrogen (secondary N) is 2. The highest BCUT2D eigenvalue weighted by Crippen LogP contribution is 2.59. The van der Waals surface area contributed by atoms with Crippen molar-refractivity contribution in [1.29, 1.82) is 0 Å². The number of carbonyl (C=O) groups excluding carboxylic acids is 2. The maximum atomic E-state index is 13.2. The van der Waals surface area contributed by atoms with E-state index in [1.165, 1.54) is 6.07 Å². The SMILES string of the molecule is Cc1cc(COc2ccc(C(=O)NOC(=O)C(F)(F)F)c(C3(N4CCN=N4)C4CNC[C@@H]3S4)c2)c2ccccc2n1. The van der Waals surface area contributed by atoms with Crippen LogP contribution in [0.15, 0.2) is 58.9 Å². The summed E-state index contributed by atoms with van der Waals surface area (Å²) < 4.78 is 44.4. The Labute approximate surface area is 236 Å². The number of alkyl halides is 3. The van der Waals surface area contributed by atoms with E-state index in [9.17, 15) is 22.8 Å². The normalized spacial score (nSPS) is 23.3. The molecule has 14 heteroatoms. The summed E-state index contributed by atoms with van der Waals surface area (Å²) in [6.45, 7) is 4.38. The predicted molar refractivity (Wildman–Crippen MR) is 143 cm³/mol. The fourth-order valence-electron chi connectivity index (χ4n) is 5.70. The molecule has 6 rings (SSSR count). The monoisotopic (exact) mass is 586 g/mol. The summed E-state index contributed by atoms with van der Waals surface area (Å²) in [7, 11) is 0. The Balaban J connectivity index is 1.37. The number of hydrogen-bond acceptors (Lipinski definition) is 10. The molecule has 0 spiro atoms. The third kappa shape index (κ3) is 4.84. The lowest BCUT2D eigenvalue weighted by Gasteiger charge is -2.61. The van der Waals surface area contributed by atoms with Crippen LogP contribution in [0.1, 0.15) is 27.2 Å². The number of piperidine rings is 1. The molecule has 3 atom stereocenters. The molecular weight excluding hydrogens is 561 g/mol. The first-order valence-corrected chi connectivity index (χ1v) is 13.8. The van der Waals surface area contributed by atoms with E-state index in [4.69, 9.17) is 4.74 Å². The number of halogens is 3. The van der Waals surface area contributed by atoms with Gasteiger partial charge in [-0.05, 0) is 42.8 Å². The summed E-state index contributed by atoms with van der Waals surface area (Å²) in [6, 6.07) is 14.5. The van der Waals surface area contributed by atoms with Gasteiger partial charge in [-0.2, -0.15) is 23.8 Å². The number of para-hydroxylation sites is 1. The minimum absolute atomic E-state index is 0.0235. The summed E-state index contributed by atoms with van der Waals surface area (Å²) in [5, 5.41) is 14.6. The van der Waals surface area contributed by atoms with Crippen LogP contribution in [0.4, 0.5) is 13.2 Å². The first-order valence-electron chi connectivity index (χ1n) is 12.9. The van der Waals surface area contributed by atoms with Crippen LogP contribution in [0.5, 0.6) is 5.75 Å². The number of fused-ring (bicyclic) bond motifs is 3. The number of thioether (sulfide) groups is 1. The number of hydroxylamine groups is 1. The molecule has 0 saturated carbocycles. The van der Waals surface area contributed by atoms with Crippen LogP contribution in [-0.4, -0.2) is 64.7 Å². The average molecular weight is 587 g/mol. The fourth-order valence-corrected chi connectivity index (χ4v) is 7.54. The van der Waals surface area contributed by atoms with E-state index in [1.807, 2.05) is 42.3 Å². The minimum atomic E-state index is -5.26. The lowest BCUT2D eigenvalue weighted by molar-refractivity contribution is -0.204. The molecule has 2 fully saturated rings. The fraction of sp³-hybridized carbons (Fsp3) is 0.370. The number of carbonyl (C=O) groups is 2. The molecule has 41 heavy (non-hydrogen) atoms. The second kappa shape index (κ2) is 10.5. The Morgan fingerprint density at radius 1 is 1.17 bits per heavy atom. The van der Waals surface area contributed by atoms with E-state index in [-0.39, 0.29) is 22.7 Å². The third-order valence-corrected chi connectivity index (χ3v) is 9.15. The van der Waals surface area contributed by atoms with Crippen molar-refractivity contribution in [3.63, 3.8) is 0 Å². The second-order valence-corrected chi connectivity index (χ2v) is 11.3. The average Bonchev–Trinajstić information content (AvgIpc) is 3.49. The number of ether oxygens (including phenoxy) is 1. The number of aryl methyl sites for hydroxylation is 1. The van der Waals surface area contributed by atoms with E-state index >= 15 is 0 Å². The molecule has 4 heterocycles. The Kier molecular flexibility index (Phi) is 6.98. The van der Waals surface area contributed by atoms with Crippen molar-refractivity contribution in [2.75, 3.05) is 26.2 Å². The van der Waals surface area contributed by atoms with Crippen molar-refractivity contribution in [2.24, 2.45) is 10.3 Å². The topological polar surface area (TPSA) is 118 Å². The van der Waals surface area contributed by atoms with Crippen LogP contribution in [0.3, 0.4) is 0 Å². The van der Waals surface area contributed by atoms with E-state index < -0.39 is 23.6 Å². The van der Waals surface area contributed by atoms with Gasteiger partial charge < -0.3 is 14.9 Å². The lowest BCUT2D eigenvalue weighted by Crippen LogP contribution is -2.73. The molecule has 2 saturated heterocycles. The quantitative estimate of drug-likeness (QED) is 0.419. The number of amides is 1. The van der Waals surface area contributed by atoms with Gasteiger partial charge in [-0.25, -0.2) is 4.79 Å². The number of rotatable bonds is 6. The maximum absolute atomic E-state index is 13.2. The maximum Gasteiger partial charge on any atom is 0.493 e. The molecule has 214 valence electrons. The van der Waals surface area contributed by atoms with Gasteiger partial charge in [-0.15, -0.1) is 11.8 Å². The zero-order chi connectivity index (χ0) is 28.8. The van der Waals surface area contributed by atoms with Gasteiger partial charge in [-0.3, -0.25) is 14.8 Å². The number of benzene rings is 2. The lowest BCUT2D eigenvalue weighted by atomic mass is 9.76. The molecule has 1 amide bonds. The third-order valence-electron chi connectivity index (χ3n) is 7.44. The van der Waals surface area contributed by atoms with Crippen molar-refractivity contribution >= 4 is 34.5 Å². The van der Waals surface area contributed by atoms with E-state index in [2.05, 4.69) is 25.5 Å². The molecule has 2 aromatic carbocycles. The molecular formula is C27H25F3N6O4S. The summed E-state index contributed by atoms with van der Waals surface area (Å²) in [4.78, 5) is 33.1. The van der Waals surface area contributed by atoms with Gasteiger partial charge in [0.25, 0.3) is 5.91 Å². The molecule has 3 aliphatic heterocycles. The van der Waals surface area contributed by atoms with Crippen molar-refractivity contribution < 1.29 is 32.3 Å². The van der Waals surface area contributed by atoms with E-state index in [0.717, 1.165) is 22.2 Å². The highest BCUT2D eigenvalue weighted by atomic mass is 32.2. The molecule has 2 bridgehead atoms. The number of pyridine rings is 1. The van der Waals surface area contributed by atoms with Gasteiger partial charge in [0.2, 0.25) is 0 Å². The number of nitrogens with zero attached hydrogens (tertiary/aromatic N) is 4. The summed E-state index contributed by atoms with van der Waals surface area (Å²) in [6.07, 6.45) is -5.26. The van der Waals surface area contributed by atoms with Gasteiger partial charge in [-0.1, -0.05) is 23.4 Å². The standard InChI is InChI=1S/C27H25F3N6O4S/c1-15-10-16(18-4-2-3-5-21(18)33-15)14-39-17-6-7-19(24(37)34-40-25(38)27(28,29)30)20(11-17)26(36-9-8-32-35-36)22-12-31-13-23(26)41-22/h2-7,10-11,22-23,31H,8-9,12-14H2,1H3,(H,34,37)/t22-,23?,26?/m0/s1. The van der Waals surface area contributed by atoms with Crippen LogP contribution in [0, 0.1) is 6.92 Å². The molecule has 0 aliphatic carbocycles. The van der Waals surface area contributed by atoms with Crippen LogP contribution in [0.25, 0.3) is 10.9 Å². The molecule has 0 radical (unpaired) electrons. The molecule has 3 aliphatic rings. The van der Waals surface area contributed by atoms with Gasteiger partial charge in [0.05, 0.1) is 18.6 Å². The largest absolute Gasteiger partial charge is 0.493 e. The Morgan fingerprint density at radius 2 is 1.95 bits per heavy atom. The zero-order valence-corrected chi connectivity index (χ0v) is 22.6. The molecule has 10 nitrogen and oxygen atoms in total. The first-order chi connectivity index (χ1) is 19.7. The smallest absolute Gasteiger partial charge is 0.489 e. The Morgan fingerprint density at radius 3 is 2.66 bits per heavy atom. The number of hydrogen-bond donors (Lipinski definition) is 2. The summed E-state index contributed by atoms with van der Waals surface area (Å²) in [5.74, 6) is -3.05. The number of aromatic nitrogens is 1. The molecule has 2 unspecified atom stereocenters. The van der Waals surface area contributed by atoms with Gasteiger partial charge in [0, 0.05) is 45.8 Å². The van der Waals surface area contributed by atoms with Crippen LogP contribution >= 0.6 is 11.8 Å². The summed E-state index contributed by atoms with van der Waals surface area (Å²) in [5.41, 5.74) is 4.09. The van der Waals surface area contributed by atoms with E-state index in [1.54, 1.807) is 29.4 Å². The molecule has 1 aromatic heterocycles. The minimum Gasteiger partial charge on any atom is -0.489 e. The van der Waals surface area contributed by atoms with Gasteiger partial charge in [0.1, 0.15) is 17.9 Å². The predicted octanol–water partition coefficient (Wildman–Crippen LogP) is 3.84. The van der Waals surface area contributed by atoms with Crippen molar-refractivity contribution in [1.82, 2.24) is 20.8 Å². The Bertz CT molecular complexity index is 1540. The highest BCUT2D eigenvalue weighted by Gasteiger charge is 2.64. The second-order valence-electron chi connectivity index (χ2n) is 9.93. The Hall–Kier alpha value is -3.91. The van der Waals surface area contributed by atoms with Gasteiger partial charge in [0.15, 0.2) is 0 Å². The van der Waals surface area contributed by atoms with Gasteiger partial charge >= 0.3 is 12.1 Å². The summed E-state index contributed by atoms with van der Waals surface area (Å²) >= 11 is 1.75. The zero-order valence-electron chi connectivity index (χ0n) is 21.8. The van der Waals surface area contributed by atoms with E-state index in [0.29, 0.717) is 37.5 Å². The van der Waals surface area contributed by atoms with Crippen molar-refractivity contribution in [2.45, 2.75) is 35.7 Å². The first kappa shape index (κ1) is 27.3. The molecule has 3 aromatic rings. The van der Waals surface area contributed by atoms with Crippen LogP contribution < -0.4 is 15.5 Å². The molecule has 2 N–H and O–H groups in total. The van der Waals surface area contributed by atoms with Crippen molar-refractivity contribution in [3.05, 3.63) is 70.9 Å². The highest BCUT2D eigenvalue weighted by molar-refractivity contribution is 8.02. The van der Waals surface area contributed by atoms with Crippen LogP contribution in [0.2, 0.25) is 0 Å². The van der Waals surface area contributed by atoms with Crippen molar-refractivity contribution in [3.8, 4) is 5.75 Å².